The quantitative estimate of drug-likeness (QED) is 0.618. The predicted molar refractivity (Wildman–Crippen MR) is 36.5 cm³/mol. The van der Waals surface area contributed by atoms with Crippen LogP contribution < -0.4 is 0 Å². The van der Waals surface area contributed by atoms with Gasteiger partial charge < -0.3 is 5.11 Å². The topological polar surface area (TPSA) is 70.4 Å². The van der Waals surface area contributed by atoms with Gasteiger partial charge in [0, 0.05) is 12.3 Å². The van der Waals surface area contributed by atoms with Crippen LogP contribution in [0.5, 0.6) is 0 Å². The lowest BCUT2D eigenvalue weighted by atomic mass is 10.5. The molecule has 0 atom stereocenters. The summed E-state index contributed by atoms with van der Waals surface area (Å²) < 4.78 is 1.41. The van der Waals surface area contributed by atoms with Crippen molar-refractivity contribution in [2.45, 2.75) is 0 Å². The van der Waals surface area contributed by atoms with Crippen molar-refractivity contribution in [2.24, 2.45) is 0 Å². The molecule has 0 aliphatic rings. The van der Waals surface area contributed by atoms with E-state index in [1.54, 1.807) is 12.3 Å². The average molecular weight is 151 g/mol. The fraction of sp³-hybridized carbons (Fsp3) is 0. The van der Waals surface area contributed by atoms with Gasteiger partial charge >= 0.3 is 5.97 Å². The fourth-order valence-corrected chi connectivity index (χ4v) is 0.957. The Morgan fingerprint density at radius 2 is 2.55 bits per heavy atom. The van der Waals surface area contributed by atoms with Gasteiger partial charge in [-0.25, -0.2) is 14.3 Å². The molecule has 0 spiro atoms. The standard InChI is InChI=1S/C6H5N3O2/c10-6(11)4-3-7-5-1-2-8-9(4)5/h1-3,8H,(H,10,11). The lowest BCUT2D eigenvalue weighted by molar-refractivity contribution is 0.0688. The van der Waals surface area contributed by atoms with E-state index in [2.05, 4.69) is 10.1 Å². The Morgan fingerprint density at radius 3 is 3.27 bits per heavy atom. The third-order valence-corrected chi connectivity index (χ3v) is 1.44. The van der Waals surface area contributed by atoms with Crippen LogP contribution in [0.2, 0.25) is 0 Å². The zero-order chi connectivity index (χ0) is 7.84. The molecule has 0 fully saturated rings. The van der Waals surface area contributed by atoms with E-state index >= 15 is 0 Å². The van der Waals surface area contributed by atoms with Crippen LogP contribution in [0.3, 0.4) is 0 Å². The molecule has 0 unspecified atom stereocenters. The molecule has 2 aromatic heterocycles. The monoisotopic (exact) mass is 151 g/mol. The molecule has 0 bridgehead atoms. The van der Waals surface area contributed by atoms with Crippen LogP contribution in [0.4, 0.5) is 0 Å². The van der Waals surface area contributed by atoms with Crippen molar-refractivity contribution in [3.05, 3.63) is 24.2 Å². The Morgan fingerprint density at radius 1 is 1.73 bits per heavy atom. The zero-order valence-corrected chi connectivity index (χ0v) is 5.48. The second kappa shape index (κ2) is 1.85. The summed E-state index contributed by atoms with van der Waals surface area (Å²) in [4.78, 5) is 14.3. The van der Waals surface area contributed by atoms with Crippen LogP contribution in [0.25, 0.3) is 5.65 Å². The maximum absolute atomic E-state index is 10.5. The molecule has 0 aliphatic carbocycles. The van der Waals surface area contributed by atoms with Crippen molar-refractivity contribution in [1.82, 2.24) is 14.6 Å². The average Bonchev–Trinajstić information content (AvgIpc) is 2.41. The number of imidazole rings is 1. The molecule has 2 heterocycles. The number of aromatic carboxylic acids is 1. The van der Waals surface area contributed by atoms with Crippen LogP contribution in [-0.4, -0.2) is 25.7 Å². The molecule has 11 heavy (non-hydrogen) atoms. The highest BCUT2D eigenvalue weighted by molar-refractivity contribution is 5.86. The summed E-state index contributed by atoms with van der Waals surface area (Å²) in [6, 6.07) is 1.70. The Labute approximate surface area is 61.3 Å². The molecule has 5 nitrogen and oxygen atoms in total. The second-order valence-electron chi connectivity index (χ2n) is 2.10. The minimum atomic E-state index is -0.986. The Bertz CT molecular complexity index is 401. The van der Waals surface area contributed by atoms with Gasteiger partial charge in [-0.15, -0.1) is 0 Å². The van der Waals surface area contributed by atoms with Crippen LogP contribution in [-0.2, 0) is 0 Å². The van der Waals surface area contributed by atoms with Crippen molar-refractivity contribution in [1.29, 1.82) is 0 Å². The molecule has 2 aromatic rings. The fourth-order valence-electron chi connectivity index (χ4n) is 0.957. The van der Waals surface area contributed by atoms with Crippen molar-refractivity contribution in [3.8, 4) is 0 Å². The third kappa shape index (κ3) is 0.706. The number of hydrogen-bond donors (Lipinski definition) is 2. The molecule has 2 rings (SSSR count). The summed E-state index contributed by atoms with van der Waals surface area (Å²) in [7, 11) is 0. The number of nitrogens with one attached hydrogen (secondary N) is 1. The molecule has 0 radical (unpaired) electrons. The first-order valence-electron chi connectivity index (χ1n) is 3.03. The van der Waals surface area contributed by atoms with E-state index in [1.165, 1.54) is 10.7 Å². The number of H-pyrrole nitrogens is 1. The second-order valence-corrected chi connectivity index (χ2v) is 2.10. The van der Waals surface area contributed by atoms with E-state index < -0.39 is 5.97 Å². The molecule has 0 saturated heterocycles. The highest BCUT2D eigenvalue weighted by Gasteiger charge is 2.09. The molecule has 0 aliphatic heterocycles. The van der Waals surface area contributed by atoms with E-state index in [9.17, 15) is 4.79 Å². The lowest BCUT2D eigenvalue weighted by Gasteiger charge is -1.87. The number of aromatic amines is 1. The predicted octanol–water partition coefficient (Wildman–Crippen LogP) is 0.361. The highest BCUT2D eigenvalue weighted by Crippen LogP contribution is 2.03. The number of fused-ring (bicyclic) bond motifs is 1. The third-order valence-electron chi connectivity index (χ3n) is 1.44. The number of aromatic nitrogens is 3. The first kappa shape index (κ1) is 5.96. The minimum Gasteiger partial charge on any atom is -0.476 e. The highest BCUT2D eigenvalue weighted by atomic mass is 16.4. The van der Waals surface area contributed by atoms with Gasteiger partial charge in [-0.05, 0) is 0 Å². The number of hydrogen-bond acceptors (Lipinski definition) is 2. The van der Waals surface area contributed by atoms with E-state index in [0.717, 1.165) is 0 Å². The SMILES string of the molecule is O=C(O)c1cnc2cc[nH]n12. The summed E-state index contributed by atoms with van der Waals surface area (Å²) >= 11 is 0. The summed E-state index contributed by atoms with van der Waals surface area (Å²) in [6.07, 6.45) is 2.95. The van der Waals surface area contributed by atoms with Gasteiger partial charge in [-0.2, -0.15) is 0 Å². The maximum Gasteiger partial charge on any atom is 0.356 e. The molecule has 56 valence electrons. The first-order chi connectivity index (χ1) is 5.29. The zero-order valence-electron chi connectivity index (χ0n) is 5.48. The molecule has 5 heteroatoms. The minimum absolute atomic E-state index is 0.144. The summed E-state index contributed by atoms with van der Waals surface area (Å²) in [5.41, 5.74) is 0.757. The van der Waals surface area contributed by atoms with Crippen molar-refractivity contribution >= 4 is 11.6 Å². The molecule has 0 aromatic carbocycles. The van der Waals surface area contributed by atoms with Gasteiger partial charge in [0.15, 0.2) is 11.3 Å². The van der Waals surface area contributed by atoms with Crippen LogP contribution in [0.15, 0.2) is 18.5 Å². The molecule has 2 N–H and O–H groups in total. The summed E-state index contributed by atoms with van der Waals surface area (Å²) in [5, 5.41) is 11.3. The number of nitrogens with zero attached hydrogens (tertiary/aromatic N) is 2. The number of carboxylic acids is 1. The van der Waals surface area contributed by atoms with E-state index in [1.807, 2.05) is 0 Å². The number of carbonyl (C=O) groups is 1. The number of rotatable bonds is 1. The van der Waals surface area contributed by atoms with E-state index in [-0.39, 0.29) is 5.69 Å². The molecular formula is C6H5N3O2. The van der Waals surface area contributed by atoms with E-state index in [0.29, 0.717) is 5.65 Å². The largest absolute Gasteiger partial charge is 0.476 e. The van der Waals surface area contributed by atoms with Crippen LogP contribution >= 0.6 is 0 Å². The van der Waals surface area contributed by atoms with Gasteiger partial charge in [-0.3, -0.25) is 5.10 Å². The van der Waals surface area contributed by atoms with Crippen LogP contribution in [0, 0.1) is 0 Å². The Balaban J connectivity index is 2.78. The molecule has 0 saturated carbocycles. The van der Waals surface area contributed by atoms with Gasteiger partial charge in [0.1, 0.15) is 0 Å². The number of carboxylic acid groups (broad SMARTS) is 1. The van der Waals surface area contributed by atoms with Gasteiger partial charge in [0.25, 0.3) is 0 Å². The normalized spacial score (nSPS) is 10.5. The molecular weight excluding hydrogens is 146 g/mol. The Kier molecular flexibility index (Phi) is 1.00. The maximum atomic E-state index is 10.5. The van der Waals surface area contributed by atoms with Crippen molar-refractivity contribution < 1.29 is 9.90 Å². The van der Waals surface area contributed by atoms with Crippen LogP contribution in [0.1, 0.15) is 10.5 Å². The first-order valence-corrected chi connectivity index (χ1v) is 3.03. The van der Waals surface area contributed by atoms with E-state index in [4.69, 9.17) is 5.11 Å². The Hall–Kier alpha value is -1.78. The summed E-state index contributed by atoms with van der Waals surface area (Å²) in [5.74, 6) is -0.986. The van der Waals surface area contributed by atoms with Gasteiger partial charge in [0.2, 0.25) is 0 Å². The van der Waals surface area contributed by atoms with Crippen molar-refractivity contribution in [2.75, 3.05) is 0 Å². The lowest BCUT2D eigenvalue weighted by Crippen LogP contribution is -2.01. The van der Waals surface area contributed by atoms with Gasteiger partial charge in [0.05, 0.1) is 6.20 Å². The smallest absolute Gasteiger partial charge is 0.356 e. The summed E-state index contributed by atoms with van der Waals surface area (Å²) in [6.45, 7) is 0. The molecule has 0 amide bonds. The van der Waals surface area contributed by atoms with Gasteiger partial charge in [-0.1, -0.05) is 0 Å². The van der Waals surface area contributed by atoms with Crippen molar-refractivity contribution in [3.63, 3.8) is 0 Å².